The summed E-state index contributed by atoms with van der Waals surface area (Å²) in [7, 11) is 1.53. The van der Waals surface area contributed by atoms with Gasteiger partial charge in [0.15, 0.2) is 0 Å². The molecule has 0 saturated heterocycles. The molecule has 1 aromatic carbocycles. The molecule has 0 fully saturated rings. The van der Waals surface area contributed by atoms with Gasteiger partial charge in [0.05, 0.1) is 18.8 Å². The maximum Gasteiger partial charge on any atom is 0.326 e. The fraction of sp³-hybridized carbons (Fsp3) is 0.529. The number of methoxy groups -OCH3 is 1. The Kier molecular flexibility index (Phi) is 7.38. The highest BCUT2D eigenvalue weighted by Crippen LogP contribution is 2.26. The minimum atomic E-state index is -1.04. The number of benzene rings is 1. The fourth-order valence-electron chi connectivity index (χ4n) is 2.07. The van der Waals surface area contributed by atoms with Gasteiger partial charge < -0.3 is 19.9 Å². The number of unbranched alkanes of at least 4 members (excludes halogenated alkanes) is 1. The quantitative estimate of drug-likeness (QED) is 0.730. The topological polar surface area (TPSA) is 84.9 Å². The van der Waals surface area contributed by atoms with Crippen LogP contribution in [0.5, 0.6) is 11.5 Å². The van der Waals surface area contributed by atoms with Gasteiger partial charge in [-0.05, 0) is 32.4 Å². The van der Waals surface area contributed by atoms with Gasteiger partial charge in [-0.25, -0.2) is 4.79 Å². The Bertz CT molecular complexity index is 542. The second-order valence-electron chi connectivity index (χ2n) is 5.54. The van der Waals surface area contributed by atoms with Crippen LogP contribution < -0.4 is 14.8 Å². The number of carbonyl (C=O) groups excluding carboxylic acids is 1. The number of carbonyl (C=O) groups is 2. The van der Waals surface area contributed by atoms with Crippen molar-refractivity contribution >= 4 is 11.9 Å². The van der Waals surface area contributed by atoms with E-state index in [-0.39, 0.29) is 6.10 Å². The Labute approximate surface area is 136 Å². The van der Waals surface area contributed by atoms with Crippen molar-refractivity contribution in [2.75, 3.05) is 7.11 Å². The number of hydrogen-bond donors (Lipinski definition) is 2. The second-order valence-corrected chi connectivity index (χ2v) is 5.54. The Morgan fingerprint density at radius 1 is 1.30 bits per heavy atom. The molecule has 2 N–H and O–H groups in total. The van der Waals surface area contributed by atoms with E-state index in [0.29, 0.717) is 23.5 Å². The Balaban J connectivity index is 2.98. The first kappa shape index (κ1) is 18.8. The van der Waals surface area contributed by atoms with Crippen LogP contribution in [0.25, 0.3) is 0 Å². The minimum Gasteiger partial charge on any atom is -0.497 e. The Morgan fingerprint density at radius 2 is 2.00 bits per heavy atom. The fourth-order valence-corrected chi connectivity index (χ4v) is 2.07. The monoisotopic (exact) mass is 323 g/mol. The molecule has 0 aliphatic rings. The highest BCUT2D eigenvalue weighted by Gasteiger charge is 2.22. The molecule has 0 heterocycles. The molecular weight excluding hydrogens is 298 g/mol. The lowest BCUT2D eigenvalue weighted by atomic mass is 10.1. The summed E-state index contributed by atoms with van der Waals surface area (Å²) in [5.74, 6) is -0.562. The molecule has 0 bridgehead atoms. The van der Waals surface area contributed by atoms with E-state index in [4.69, 9.17) is 9.47 Å². The van der Waals surface area contributed by atoms with E-state index >= 15 is 0 Å². The second kappa shape index (κ2) is 9.02. The summed E-state index contributed by atoms with van der Waals surface area (Å²) in [6, 6.07) is 3.93. The number of rotatable bonds is 9. The average molecular weight is 323 g/mol. The Hall–Kier alpha value is -2.24. The van der Waals surface area contributed by atoms with Crippen molar-refractivity contribution in [1.82, 2.24) is 5.32 Å². The van der Waals surface area contributed by atoms with Gasteiger partial charge in [-0.1, -0.05) is 19.8 Å². The van der Waals surface area contributed by atoms with Gasteiger partial charge in [0, 0.05) is 6.07 Å². The van der Waals surface area contributed by atoms with Crippen molar-refractivity contribution in [3.05, 3.63) is 23.8 Å². The third kappa shape index (κ3) is 5.81. The molecule has 128 valence electrons. The van der Waals surface area contributed by atoms with Gasteiger partial charge >= 0.3 is 5.97 Å². The zero-order valence-corrected chi connectivity index (χ0v) is 14.1. The predicted molar refractivity (Wildman–Crippen MR) is 87.2 cm³/mol. The van der Waals surface area contributed by atoms with Crippen molar-refractivity contribution in [2.45, 2.75) is 52.2 Å². The first-order chi connectivity index (χ1) is 10.9. The van der Waals surface area contributed by atoms with Crippen molar-refractivity contribution in [3.63, 3.8) is 0 Å². The Morgan fingerprint density at radius 3 is 2.52 bits per heavy atom. The van der Waals surface area contributed by atoms with E-state index in [2.05, 4.69) is 5.32 Å². The van der Waals surface area contributed by atoms with Gasteiger partial charge in [-0.3, -0.25) is 4.79 Å². The molecule has 1 unspecified atom stereocenters. The molecule has 6 heteroatoms. The first-order valence-corrected chi connectivity index (χ1v) is 7.77. The van der Waals surface area contributed by atoms with Gasteiger partial charge in [0.2, 0.25) is 0 Å². The normalized spacial score (nSPS) is 11.9. The van der Waals surface area contributed by atoms with Crippen molar-refractivity contribution in [1.29, 1.82) is 0 Å². The first-order valence-electron chi connectivity index (χ1n) is 7.77. The molecule has 0 spiro atoms. The van der Waals surface area contributed by atoms with Crippen LogP contribution in [0.15, 0.2) is 18.2 Å². The van der Waals surface area contributed by atoms with Crippen LogP contribution in [0.4, 0.5) is 0 Å². The third-order valence-electron chi connectivity index (χ3n) is 3.25. The highest BCUT2D eigenvalue weighted by molar-refractivity contribution is 5.99. The van der Waals surface area contributed by atoms with E-state index in [1.807, 2.05) is 20.8 Å². The molecule has 0 aliphatic heterocycles. The van der Waals surface area contributed by atoms with E-state index in [9.17, 15) is 14.7 Å². The zero-order chi connectivity index (χ0) is 17.4. The van der Waals surface area contributed by atoms with Crippen molar-refractivity contribution in [2.24, 2.45) is 0 Å². The summed E-state index contributed by atoms with van der Waals surface area (Å²) < 4.78 is 10.8. The number of ether oxygens (including phenoxy) is 2. The molecule has 0 aliphatic carbocycles. The van der Waals surface area contributed by atoms with Gasteiger partial charge in [-0.2, -0.15) is 0 Å². The molecular formula is C17H25NO5. The number of hydrogen-bond acceptors (Lipinski definition) is 4. The summed E-state index contributed by atoms with van der Waals surface area (Å²) in [6.45, 7) is 5.67. The number of carboxylic acid groups (broad SMARTS) is 1. The largest absolute Gasteiger partial charge is 0.497 e. The lowest BCUT2D eigenvalue weighted by Crippen LogP contribution is -2.40. The maximum absolute atomic E-state index is 12.4. The van der Waals surface area contributed by atoms with E-state index < -0.39 is 17.9 Å². The lowest BCUT2D eigenvalue weighted by Gasteiger charge is -2.18. The molecule has 0 radical (unpaired) electrons. The highest BCUT2D eigenvalue weighted by atomic mass is 16.5. The molecule has 1 amide bonds. The van der Waals surface area contributed by atoms with E-state index in [1.165, 1.54) is 7.11 Å². The molecule has 6 nitrogen and oxygen atoms in total. The smallest absolute Gasteiger partial charge is 0.326 e. The van der Waals surface area contributed by atoms with E-state index in [0.717, 1.165) is 12.8 Å². The van der Waals surface area contributed by atoms with Gasteiger partial charge in [0.1, 0.15) is 17.5 Å². The summed E-state index contributed by atoms with van der Waals surface area (Å²) in [5.41, 5.74) is 0.294. The number of amides is 1. The van der Waals surface area contributed by atoms with Crippen LogP contribution in [-0.2, 0) is 4.79 Å². The zero-order valence-electron chi connectivity index (χ0n) is 14.1. The summed E-state index contributed by atoms with van der Waals surface area (Å²) >= 11 is 0. The summed E-state index contributed by atoms with van der Waals surface area (Å²) in [5, 5.41) is 11.8. The van der Waals surface area contributed by atoms with Crippen LogP contribution in [0.3, 0.4) is 0 Å². The van der Waals surface area contributed by atoms with Crippen LogP contribution >= 0.6 is 0 Å². The van der Waals surface area contributed by atoms with Crippen molar-refractivity contribution < 1.29 is 24.2 Å². The molecule has 0 aromatic heterocycles. The summed E-state index contributed by atoms with van der Waals surface area (Å²) in [6.07, 6.45) is 1.87. The van der Waals surface area contributed by atoms with Crippen LogP contribution in [-0.4, -0.2) is 36.2 Å². The van der Waals surface area contributed by atoms with Crippen LogP contribution in [0.2, 0.25) is 0 Å². The molecule has 1 rings (SSSR count). The summed E-state index contributed by atoms with van der Waals surface area (Å²) in [4.78, 5) is 23.7. The van der Waals surface area contributed by atoms with Crippen LogP contribution in [0.1, 0.15) is 50.4 Å². The maximum atomic E-state index is 12.4. The third-order valence-corrected chi connectivity index (χ3v) is 3.25. The predicted octanol–water partition coefficient (Wildman–Crippen LogP) is 2.86. The number of carboxylic acids is 1. The standard InChI is InChI=1S/C17H25NO5/c1-5-6-7-14(17(20)21)18-16(19)13-9-8-12(22-4)10-15(13)23-11(2)3/h8-11,14H,5-7H2,1-4H3,(H,18,19)(H,20,21). The van der Waals surface area contributed by atoms with E-state index in [1.54, 1.807) is 18.2 Å². The number of nitrogens with one attached hydrogen (secondary N) is 1. The molecule has 0 saturated carbocycles. The lowest BCUT2D eigenvalue weighted by molar-refractivity contribution is -0.139. The van der Waals surface area contributed by atoms with Crippen molar-refractivity contribution in [3.8, 4) is 11.5 Å². The SMILES string of the molecule is CCCCC(NC(=O)c1ccc(OC)cc1OC(C)C)C(=O)O. The van der Waals surface area contributed by atoms with Crippen LogP contribution in [0, 0.1) is 0 Å². The van der Waals surface area contributed by atoms with Gasteiger partial charge in [-0.15, -0.1) is 0 Å². The minimum absolute atomic E-state index is 0.121. The number of aliphatic carboxylic acids is 1. The average Bonchev–Trinajstić information content (AvgIpc) is 2.50. The molecule has 1 aromatic rings. The molecule has 1 atom stereocenters. The molecule has 23 heavy (non-hydrogen) atoms. The van der Waals surface area contributed by atoms with Gasteiger partial charge in [0.25, 0.3) is 5.91 Å².